The van der Waals surface area contributed by atoms with Gasteiger partial charge < -0.3 is 25.2 Å². The molecule has 0 radical (unpaired) electrons. The van der Waals surface area contributed by atoms with Crippen molar-refractivity contribution in [1.29, 1.82) is 0 Å². The quantitative estimate of drug-likeness (QED) is 0.848. The summed E-state index contributed by atoms with van der Waals surface area (Å²) in [6.07, 6.45) is -0.108. The van der Waals surface area contributed by atoms with Crippen molar-refractivity contribution in [2.24, 2.45) is 11.7 Å². The van der Waals surface area contributed by atoms with Crippen molar-refractivity contribution in [1.82, 2.24) is 4.90 Å². The van der Waals surface area contributed by atoms with Crippen molar-refractivity contribution in [3.63, 3.8) is 0 Å². The van der Waals surface area contributed by atoms with Gasteiger partial charge in [-0.2, -0.15) is 0 Å². The number of hydrogen-bond donors (Lipinski definition) is 1. The lowest BCUT2D eigenvalue weighted by molar-refractivity contribution is -0.123. The van der Waals surface area contributed by atoms with Gasteiger partial charge in [-0.3, -0.25) is 9.59 Å². The molecular weight excluding hydrogens is 360 g/mol. The van der Waals surface area contributed by atoms with E-state index in [0.717, 1.165) is 11.4 Å². The maximum Gasteiger partial charge on any atom is 0.410 e. The number of nitrogens with two attached hydrogens (primary N) is 1. The number of rotatable bonds is 3. The van der Waals surface area contributed by atoms with Crippen molar-refractivity contribution < 1.29 is 19.1 Å². The van der Waals surface area contributed by atoms with E-state index < -0.39 is 17.4 Å². The Labute approximate surface area is 165 Å². The fourth-order valence-corrected chi connectivity index (χ4v) is 3.46. The van der Waals surface area contributed by atoms with Crippen molar-refractivity contribution in [2.75, 3.05) is 42.5 Å². The molecule has 1 aromatic carbocycles. The lowest BCUT2D eigenvalue weighted by atomic mass is 10.1. The number of hydrogen-bond acceptors (Lipinski definition) is 5. The number of nitrogens with zero attached hydrogens (tertiary/aromatic N) is 3. The minimum atomic E-state index is -0.495. The highest BCUT2D eigenvalue weighted by Gasteiger charge is 2.34. The number of ether oxygens (including phenoxy) is 1. The van der Waals surface area contributed by atoms with Crippen LogP contribution in [0.15, 0.2) is 24.3 Å². The largest absolute Gasteiger partial charge is 0.444 e. The Balaban J connectivity index is 1.57. The molecule has 0 aromatic heterocycles. The number of primary amides is 1. The summed E-state index contributed by atoms with van der Waals surface area (Å²) in [4.78, 5) is 41.2. The Bertz CT molecular complexity index is 748. The number of carbonyl (C=O) groups excluding carboxylic acids is 3. The van der Waals surface area contributed by atoms with Gasteiger partial charge >= 0.3 is 6.09 Å². The van der Waals surface area contributed by atoms with Gasteiger partial charge in [-0.05, 0) is 45.0 Å². The van der Waals surface area contributed by atoms with Crippen molar-refractivity contribution in [3.8, 4) is 0 Å². The van der Waals surface area contributed by atoms with Crippen LogP contribution in [0.2, 0.25) is 0 Å². The predicted octanol–water partition coefficient (Wildman–Crippen LogP) is 1.58. The fourth-order valence-electron chi connectivity index (χ4n) is 3.46. The standard InChI is InChI=1S/C20H28N4O4/c1-20(2,3)28-19(27)23-10-8-22(9-11-23)15-4-6-16(7-5-15)24-13-14(18(21)26)12-17(24)25/h4-7,14H,8-13H2,1-3H3,(H2,21,26). The molecule has 2 fully saturated rings. The Morgan fingerprint density at radius 2 is 1.61 bits per heavy atom. The third-order valence-electron chi connectivity index (χ3n) is 4.99. The summed E-state index contributed by atoms with van der Waals surface area (Å²) < 4.78 is 5.42. The minimum Gasteiger partial charge on any atom is -0.444 e. The SMILES string of the molecule is CC(C)(C)OC(=O)N1CCN(c2ccc(N3CC(C(N)=O)CC3=O)cc2)CC1. The third kappa shape index (κ3) is 4.55. The summed E-state index contributed by atoms with van der Waals surface area (Å²) in [7, 11) is 0. The van der Waals surface area contributed by atoms with Gasteiger partial charge in [-0.15, -0.1) is 0 Å². The summed E-state index contributed by atoms with van der Waals surface area (Å²) in [5.74, 6) is -0.939. The van der Waals surface area contributed by atoms with Crippen molar-refractivity contribution >= 4 is 29.3 Å². The van der Waals surface area contributed by atoms with Gasteiger partial charge in [-0.1, -0.05) is 0 Å². The normalized spacial score (nSPS) is 20.5. The molecule has 1 unspecified atom stereocenters. The molecule has 2 aliphatic heterocycles. The first kappa shape index (κ1) is 20.0. The van der Waals surface area contributed by atoms with Gasteiger partial charge in [0.2, 0.25) is 11.8 Å². The second-order valence-corrected chi connectivity index (χ2v) is 8.28. The zero-order valence-corrected chi connectivity index (χ0v) is 16.7. The van der Waals surface area contributed by atoms with Crippen LogP contribution < -0.4 is 15.5 Å². The molecule has 2 N–H and O–H groups in total. The first-order chi connectivity index (χ1) is 13.1. The zero-order chi connectivity index (χ0) is 20.5. The van der Waals surface area contributed by atoms with E-state index in [1.165, 1.54) is 0 Å². The summed E-state index contributed by atoms with van der Waals surface area (Å²) in [6, 6.07) is 7.69. The summed E-state index contributed by atoms with van der Waals surface area (Å²) in [5.41, 5.74) is 6.63. The van der Waals surface area contributed by atoms with E-state index in [9.17, 15) is 14.4 Å². The van der Waals surface area contributed by atoms with Gasteiger partial charge in [0.05, 0.1) is 5.92 Å². The maximum absolute atomic E-state index is 12.2. The molecule has 0 spiro atoms. The predicted molar refractivity (Wildman–Crippen MR) is 106 cm³/mol. The van der Waals surface area contributed by atoms with E-state index >= 15 is 0 Å². The molecule has 2 aliphatic rings. The molecule has 0 bridgehead atoms. The number of carbonyl (C=O) groups is 3. The zero-order valence-electron chi connectivity index (χ0n) is 16.7. The lowest BCUT2D eigenvalue weighted by Gasteiger charge is -2.36. The molecule has 3 rings (SSSR count). The van der Waals surface area contributed by atoms with Crippen LogP contribution in [0.1, 0.15) is 27.2 Å². The van der Waals surface area contributed by atoms with E-state index in [2.05, 4.69) is 4.90 Å². The van der Waals surface area contributed by atoms with Crippen molar-refractivity contribution in [2.45, 2.75) is 32.8 Å². The van der Waals surface area contributed by atoms with E-state index in [1.54, 1.807) is 9.80 Å². The van der Waals surface area contributed by atoms with Gasteiger partial charge in [0.1, 0.15) is 5.60 Å². The maximum atomic E-state index is 12.2. The molecule has 1 atom stereocenters. The molecular formula is C20H28N4O4. The van der Waals surface area contributed by atoms with Crippen LogP contribution in [0.5, 0.6) is 0 Å². The van der Waals surface area contributed by atoms with Crippen LogP contribution in [-0.4, -0.2) is 61.1 Å². The van der Waals surface area contributed by atoms with Crippen LogP contribution in [0.4, 0.5) is 16.2 Å². The molecule has 2 heterocycles. The van der Waals surface area contributed by atoms with Gasteiger partial charge in [-0.25, -0.2) is 4.79 Å². The topological polar surface area (TPSA) is 96.2 Å². The summed E-state index contributed by atoms with van der Waals surface area (Å²) in [5, 5.41) is 0. The van der Waals surface area contributed by atoms with E-state index in [4.69, 9.17) is 10.5 Å². The second kappa shape index (κ2) is 7.69. The fraction of sp³-hybridized carbons (Fsp3) is 0.550. The van der Waals surface area contributed by atoms with Crippen LogP contribution >= 0.6 is 0 Å². The first-order valence-electron chi connectivity index (χ1n) is 9.56. The van der Waals surface area contributed by atoms with Crippen LogP contribution in [0.25, 0.3) is 0 Å². The number of anilines is 2. The summed E-state index contributed by atoms with van der Waals surface area (Å²) in [6.45, 7) is 8.54. The molecule has 28 heavy (non-hydrogen) atoms. The van der Waals surface area contributed by atoms with Gasteiger partial charge in [0.25, 0.3) is 0 Å². The highest BCUT2D eigenvalue weighted by Crippen LogP contribution is 2.27. The molecule has 8 heteroatoms. The molecule has 152 valence electrons. The molecule has 2 saturated heterocycles. The molecule has 8 nitrogen and oxygen atoms in total. The minimum absolute atomic E-state index is 0.0810. The third-order valence-corrected chi connectivity index (χ3v) is 4.99. The Morgan fingerprint density at radius 3 is 2.11 bits per heavy atom. The molecule has 3 amide bonds. The number of piperazine rings is 1. The highest BCUT2D eigenvalue weighted by molar-refractivity contribution is 6.00. The van der Waals surface area contributed by atoms with E-state index in [0.29, 0.717) is 32.7 Å². The van der Waals surface area contributed by atoms with Crippen LogP contribution in [0, 0.1) is 5.92 Å². The van der Waals surface area contributed by atoms with Crippen LogP contribution in [-0.2, 0) is 14.3 Å². The van der Waals surface area contributed by atoms with Crippen LogP contribution in [0.3, 0.4) is 0 Å². The number of amides is 3. The Morgan fingerprint density at radius 1 is 1.04 bits per heavy atom. The smallest absolute Gasteiger partial charge is 0.410 e. The van der Waals surface area contributed by atoms with E-state index in [1.807, 2.05) is 45.0 Å². The van der Waals surface area contributed by atoms with Gasteiger partial charge in [0, 0.05) is 50.5 Å². The average Bonchev–Trinajstić information content (AvgIpc) is 3.03. The average molecular weight is 388 g/mol. The van der Waals surface area contributed by atoms with Gasteiger partial charge in [0.15, 0.2) is 0 Å². The summed E-state index contributed by atoms with van der Waals surface area (Å²) >= 11 is 0. The number of benzene rings is 1. The van der Waals surface area contributed by atoms with E-state index in [-0.39, 0.29) is 18.4 Å². The first-order valence-corrected chi connectivity index (χ1v) is 9.56. The highest BCUT2D eigenvalue weighted by atomic mass is 16.6. The van der Waals surface area contributed by atoms with Crippen molar-refractivity contribution in [3.05, 3.63) is 24.3 Å². The molecule has 0 aliphatic carbocycles. The monoisotopic (exact) mass is 388 g/mol. The second-order valence-electron chi connectivity index (χ2n) is 8.28. The molecule has 1 aromatic rings. The Hall–Kier alpha value is -2.77. The Kier molecular flexibility index (Phi) is 5.49. The molecule has 0 saturated carbocycles. The lowest BCUT2D eigenvalue weighted by Crippen LogP contribution is -2.50.